The first-order chi connectivity index (χ1) is 12.9. The molecular formula is C22H19BrO3S. The van der Waals surface area contributed by atoms with Gasteiger partial charge in [0.2, 0.25) is 0 Å². The van der Waals surface area contributed by atoms with E-state index in [-0.39, 0.29) is 17.1 Å². The zero-order chi connectivity index (χ0) is 19.4. The van der Waals surface area contributed by atoms with Crippen LogP contribution in [0.1, 0.15) is 33.2 Å². The van der Waals surface area contributed by atoms with Crippen LogP contribution in [0.2, 0.25) is 0 Å². The van der Waals surface area contributed by atoms with E-state index in [1.54, 1.807) is 72.8 Å². The van der Waals surface area contributed by atoms with Crippen LogP contribution >= 0.6 is 15.9 Å². The Balaban J connectivity index is 2.03. The topological polar surface area (TPSA) is 51.2 Å². The number of ketones is 1. The van der Waals surface area contributed by atoms with Crippen molar-refractivity contribution in [2.24, 2.45) is 0 Å². The molecule has 3 rings (SSSR count). The molecule has 0 fully saturated rings. The van der Waals surface area contributed by atoms with Gasteiger partial charge in [-0.15, -0.1) is 0 Å². The molecule has 0 amide bonds. The molecular weight excluding hydrogens is 424 g/mol. The lowest BCUT2D eigenvalue weighted by atomic mass is 10.0. The van der Waals surface area contributed by atoms with Crippen LogP contribution in [0.3, 0.4) is 0 Å². The summed E-state index contributed by atoms with van der Waals surface area (Å²) in [6, 6.07) is 22.6. The molecule has 0 spiro atoms. The Morgan fingerprint density at radius 1 is 0.889 bits per heavy atom. The molecule has 0 aliphatic rings. The highest BCUT2D eigenvalue weighted by atomic mass is 79.9. The van der Waals surface area contributed by atoms with Crippen molar-refractivity contribution in [2.75, 3.05) is 0 Å². The fourth-order valence-corrected chi connectivity index (χ4v) is 4.88. The Morgan fingerprint density at radius 3 is 2.07 bits per heavy atom. The number of sulfone groups is 1. The molecule has 3 aromatic carbocycles. The molecule has 0 saturated heterocycles. The van der Waals surface area contributed by atoms with Crippen LogP contribution in [0.5, 0.6) is 0 Å². The van der Waals surface area contributed by atoms with Crippen LogP contribution in [0.15, 0.2) is 88.2 Å². The summed E-state index contributed by atoms with van der Waals surface area (Å²) in [6.45, 7) is 1.90. The lowest BCUT2D eigenvalue weighted by Gasteiger charge is -2.18. The molecule has 1 atom stereocenters. The number of rotatable bonds is 6. The molecule has 3 nitrogen and oxygen atoms in total. The van der Waals surface area contributed by atoms with E-state index >= 15 is 0 Å². The summed E-state index contributed by atoms with van der Waals surface area (Å²) in [6.07, 6.45) is -0.109. The maximum atomic E-state index is 13.3. The number of carbonyl (C=O) groups excluding carboxylic acids is 1. The molecule has 0 radical (unpaired) electrons. The minimum atomic E-state index is -3.72. The highest BCUT2D eigenvalue weighted by Crippen LogP contribution is 2.33. The summed E-state index contributed by atoms with van der Waals surface area (Å²) in [5.41, 5.74) is 2.09. The molecule has 0 N–H and O–H groups in total. The van der Waals surface area contributed by atoms with Crippen molar-refractivity contribution >= 4 is 31.6 Å². The van der Waals surface area contributed by atoms with Crippen molar-refractivity contribution in [3.05, 3.63) is 100 Å². The molecule has 0 aliphatic heterocycles. The van der Waals surface area contributed by atoms with Crippen molar-refractivity contribution in [3.63, 3.8) is 0 Å². The standard InChI is InChI=1S/C22H19BrO3S/c1-16-7-13-20(14-8-16)27(25,26)22(18-9-11-19(23)12-10-18)15-21(24)17-5-3-2-4-6-17/h2-14,22H,15H2,1H3/t22-/m0/s1. The van der Waals surface area contributed by atoms with Gasteiger partial charge < -0.3 is 0 Å². The van der Waals surface area contributed by atoms with Crippen LogP contribution in [0.25, 0.3) is 0 Å². The summed E-state index contributed by atoms with van der Waals surface area (Å²) >= 11 is 3.37. The highest BCUT2D eigenvalue weighted by Gasteiger charge is 2.31. The second-order valence-electron chi connectivity index (χ2n) is 6.39. The lowest BCUT2D eigenvalue weighted by molar-refractivity contribution is 0.0980. The van der Waals surface area contributed by atoms with Crippen molar-refractivity contribution < 1.29 is 13.2 Å². The average Bonchev–Trinajstić information content (AvgIpc) is 2.68. The molecule has 0 aromatic heterocycles. The normalized spacial score (nSPS) is 12.5. The Bertz CT molecular complexity index is 1030. The van der Waals surface area contributed by atoms with Gasteiger partial charge in [-0.25, -0.2) is 8.42 Å². The van der Waals surface area contributed by atoms with E-state index in [9.17, 15) is 13.2 Å². The second kappa shape index (κ2) is 8.19. The maximum Gasteiger partial charge on any atom is 0.185 e. The van der Waals surface area contributed by atoms with Gasteiger partial charge in [-0.1, -0.05) is 76.1 Å². The number of carbonyl (C=O) groups is 1. The third kappa shape index (κ3) is 4.54. The fourth-order valence-electron chi connectivity index (χ4n) is 2.89. The van der Waals surface area contributed by atoms with Gasteiger partial charge in [-0.2, -0.15) is 0 Å². The molecule has 27 heavy (non-hydrogen) atoms. The third-order valence-electron chi connectivity index (χ3n) is 4.43. The van der Waals surface area contributed by atoms with Crippen LogP contribution in [-0.4, -0.2) is 14.2 Å². The van der Waals surface area contributed by atoms with E-state index in [0.29, 0.717) is 11.1 Å². The monoisotopic (exact) mass is 442 g/mol. The molecule has 0 bridgehead atoms. The van der Waals surface area contributed by atoms with E-state index in [1.165, 1.54) is 0 Å². The molecule has 3 aromatic rings. The Morgan fingerprint density at radius 2 is 1.48 bits per heavy atom. The van der Waals surface area contributed by atoms with E-state index in [2.05, 4.69) is 15.9 Å². The minimum Gasteiger partial charge on any atom is -0.294 e. The second-order valence-corrected chi connectivity index (χ2v) is 9.44. The number of halogens is 1. The Kier molecular flexibility index (Phi) is 5.92. The van der Waals surface area contributed by atoms with Gasteiger partial charge in [0.25, 0.3) is 0 Å². The zero-order valence-electron chi connectivity index (χ0n) is 14.8. The molecule has 0 aliphatic carbocycles. The Hall–Kier alpha value is -2.24. The predicted molar refractivity (Wildman–Crippen MR) is 111 cm³/mol. The third-order valence-corrected chi connectivity index (χ3v) is 7.08. The summed E-state index contributed by atoms with van der Waals surface area (Å²) in [5, 5.41) is -0.944. The largest absolute Gasteiger partial charge is 0.294 e. The SMILES string of the molecule is Cc1ccc(S(=O)(=O)[C@@H](CC(=O)c2ccccc2)c2ccc(Br)cc2)cc1. The fraction of sp³-hybridized carbons (Fsp3) is 0.136. The van der Waals surface area contributed by atoms with Crippen LogP contribution in [0.4, 0.5) is 0 Å². The van der Waals surface area contributed by atoms with Gasteiger partial charge in [-0.05, 0) is 36.8 Å². The Labute approximate surface area is 168 Å². The van der Waals surface area contributed by atoms with Gasteiger partial charge in [0.05, 0.1) is 10.1 Å². The van der Waals surface area contributed by atoms with Gasteiger partial charge >= 0.3 is 0 Å². The minimum absolute atomic E-state index is 0.109. The van der Waals surface area contributed by atoms with Crippen molar-refractivity contribution in [1.82, 2.24) is 0 Å². The predicted octanol–water partition coefficient (Wildman–Crippen LogP) is 5.55. The number of aryl methyl sites for hydroxylation is 1. The summed E-state index contributed by atoms with van der Waals surface area (Å²) in [4.78, 5) is 13.0. The lowest BCUT2D eigenvalue weighted by Crippen LogP contribution is -2.18. The molecule has 0 unspecified atom stereocenters. The average molecular weight is 443 g/mol. The van der Waals surface area contributed by atoms with Gasteiger partial charge in [-0.3, -0.25) is 4.79 Å². The number of benzene rings is 3. The highest BCUT2D eigenvalue weighted by molar-refractivity contribution is 9.10. The van der Waals surface area contributed by atoms with E-state index in [4.69, 9.17) is 0 Å². The summed E-state index contributed by atoms with van der Waals surface area (Å²) in [5.74, 6) is -0.195. The van der Waals surface area contributed by atoms with Gasteiger partial charge in [0.15, 0.2) is 15.6 Å². The molecule has 5 heteroatoms. The molecule has 0 saturated carbocycles. The van der Waals surface area contributed by atoms with Crippen LogP contribution in [-0.2, 0) is 9.84 Å². The first-order valence-electron chi connectivity index (χ1n) is 8.52. The number of Topliss-reactive ketones (excluding diaryl/α,β-unsaturated/α-hetero) is 1. The summed E-state index contributed by atoms with van der Waals surface area (Å²) in [7, 11) is -3.72. The van der Waals surface area contributed by atoms with Crippen molar-refractivity contribution in [3.8, 4) is 0 Å². The van der Waals surface area contributed by atoms with Crippen LogP contribution < -0.4 is 0 Å². The first-order valence-corrected chi connectivity index (χ1v) is 10.9. The molecule has 0 heterocycles. The maximum absolute atomic E-state index is 13.3. The number of hydrogen-bond donors (Lipinski definition) is 0. The first kappa shape index (κ1) is 19.5. The van der Waals surface area contributed by atoms with E-state index in [0.717, 1.165) is 10.0 Å². The van der Waals surface area contributed by atoms with E-state index < -0.39 is 15.1 Å². The van der Waals surface area contributed by atoms with Gasteiger partial charge in [0.1, 0.15) is 0 Å². The van der Waals surface area contributed by atoms with Crippen LogP contribution in [0, 0.1) is 6.92 Å². The zero-order valence-corrected chi connectivity index (χ0v) is 17.2. The van der Waals surface area contributed by atoms with E-state index in [1.807, 2.05) is 13.0 Å². The molecule has 138 valence electrons. The van der Waals surface area contributed by atoms with Crippen molar-refractivity contribution in [1.29, 1.82) is 0 Å². The number of hydrogen-bond acceptors (Lipinski definition) is 3. The summed E-state index contributed by atoms with van der Waals surface area (Å²) < 4.78 is 27.5. The van der Waals surface area contributed by atoms with Gasteiger partial charge in [0, 0.05) is 16.5 Å². The quantitative estimate of drug-likeness (QED) is 0.470. The smallest absolute Gasteiger partial charge is 0.185 e. The van der Waals surface area contributed by atoms with Crippen molar-refractivity contribution in [2.45, 2.75) is 23.5 Å².